The lowest BCUT2D eigenvalue weighted by atomic mass is 10.3. The molecule has 128 valence electrons. The molecule has 3 N–H and O–H groups in total. The molecule has 1 aromatic heterocycles. The van der Waals surface area contributed by atoms with Crippen LogP contribution in [0.4, 0.5) is 22.0 Å². The van der Waals surface area contributed by atoms with Gasteiger partial charge in [-0.15, -0.1) is 11.8 Å². The molecule has 25 heavy (non-hydrogen) atoms. The zero-order valence-electron chi connectivity index (χ0n) is 13.4. The molecular formula is C17H16FN5OS. The van der Waals surface area contributed by atoms with Crippen LogP contribution in [0.3, 0.4) is 0 Å². The lowest BCUT2D eigenvalue weighted by molar-refractivity contribution is 0.417. The zero-order chi connectivity index (χ0) is 17.6. The molecule has 0 unspecified atom stereocenters. The third kappa shape index (κ3) is 4.57. The molecule has 3 rings (SSSR count). The van der Waals surface area contributed by atoms with Gasteiger partial charge in [0, 0.05) is 4.90 Å². The maximum atomic E-state index is 12.9. The summed E-state index contributed by atoms with van der Waals surface area (Å²) >= 11 is 1.49. The number of anilines is 3. The van der Waals surface area contributed by atoms with E-state index in [0.717, 1.165) is 10.6 Å². The largest absolute Gasteiger partial charge is 0.495 e. The Morgan fingerprint density at radius 2 is 1.84 bits per heavy atom. The first-order chi connectivity index (χ1) is 12.1. The van der Waals surface area contributed by atoms with Gasteiger partial charge in [0.05, 0.1) is 18.6 Å². The molecule has 8 heteroatoms. The lowest BCUT2D eigenvalue weighted by Gasteiger charge is -2.10. The number of hydrogen-bond donors (Lipinski definition) is 2. The minimum Gasteiger partial charge on any atom is -0.495 e. The summed E-state index contributed by atoms with van der Waals surface area (Å²) in [4.78, 5) is 13.5. The fourth-order valence-corrected chi connectivity index (χ4v) is 2.86. The van der Waals surface area contributed by atoms with E-state index in [0.29, 0.717) is 23.3 Å². The van der Waals surface area contributed by atoms with E-state index < -0.39 is 0 Å². The molecule has 0 amide bonds. The number of aromatic nitrogens is 3. The van der Waals surface area contributed by atoms with Gasteiger partial charge in [0.25, 0.3) is 0 Å². The van der Waals surface area contributed by atoms with Gasteiger partial charge in [-0.2, -0.15) is 15.0 Å². The molecule has 2 aromatic carbocycles. The van der Waals surface area contributed by atoms with E-state index in [9.17, 15) is 4.39 Å². The fourth-order valence-electron chi connectivity index (χ4n) is 2.11. The van der Waals surface area contributed by atoms with Crippen LogP contribution in [0, 0.1) is 5.82 Å². The minimum atomic E-state index is -0.267. The number of methoxy groups -OCH3 is 1. The number of rotatable bonds is 6. The van der Waals surface area contributed by atoms with Crippen LogP contribution in [-0.2, 0) is 5.75 Å². The molecule has 0 aliphatic carbocycles. The number of nitrogens with two attached hydrogens (primary N) is 1. The van der Waals surface area contributed by atoms with Gasteiger partial charge in [-0.1, -0.05) is 12.1 Å². The van der Waals surface area contributed by atoms with Crippen LogP contribution in [0.5, 0.6) is 5.75 Å². The Hall–Kier alpha value is -2.87. The quantitative estimate of drug-likeness (QED) is 0.651. The highest BCUT2D eigenvalue weighted by Crippen LogP contribution is 2.26. The molecule has 0 saturated carbocycles. The van der Waals surface area contributed by atoms with Crippen LogP contribution in [0.1, 0.15) is 5.82 Å². The summed E-state index contributed by atoms with van der Waals surface area (Å²) in [5, 5.41) is 3.08. The number of nitrogens with zero attached hydrogens (tertiary/aromatic N) is 3. The third-order valence-electron chi connectivity index (χ3n) is 3.23. The van der Waals surface area contributed by atoms with Crippen molar-refractivity contribution in [3.63, 3.8) is 0 Å². The summed E-state index contributed by atoms with van der Waals surface area (Å²) in [6, 6.07) is 13.7. The van der Waals surface area contributed by atoms with Gasteiger partial charge in [0.15, 0.2) is 0 Å². The Bertz CT molecular complexity index is 860. The Labute approximate surface area is 148 Å². The highest BCUT2D eigenvalue weighted by atomic mass is 32.2. The van der Waals surface area contributed by atoms with Gasteiger partial charge in [-0.05, 0) is 36.4 Å². The minimum absolute atomic E-state index is 0.127. The Morgan fingerprint density at radius 1 is 1.08 bits per heavy atom. The lowest BCUT2D eigenvalue weighted by Crippen LogP contribution is -2.07. The van der Waals surface area contributed by atoms with E-state index >= 15 is 0 Å². The molecule has 0 bridgehead atoms. The number of halogens is 1. The molecule has 0 fully saturated rings. The van der Waals surface area contributed by atoms with Crippen molar-refractivity contribution in [2.75, 3.05) is 18.2 Å². The second kappa shape index (κ2) is 7.80. The van der Waals surface area contributed by atoms with E-state index in [1.165, 1.54) is 23.9 Å². The van der Waals surface area contributed by atoms with Crippen LogP contribution >= 0.6 is 11.8 Å². The fraction of sp³-hybridized carbons (Fsp3) is 0.118. The van der Waals surface area contributed by atoms with Crippen LogP contribution in [0.15, 0.2) is 53.4 Å². The summed E-state index contributed by atoms with van der Waals surface area (Å²) < 4.78 is 18.2. The molecule has 3 aromatic rings. The van der Waals surface area contributed by atoms with Crippen molar-refractivity contribution in [3.05, 3.63) is 60.2 Å². The molecule has 0 atom stereocenters. The molecule has 0 saturated heterocycles. The first kappa shape index (κ1) is 17.0. The molecule has 0 radical (unpaired) electrons. The monoisotopic (exact) mass is 357 g/mol. The molecular weight excluding hydrogens is 341 g/mol. The Balaban J connectivity index is 1.75. The number of para-hydroxylation sites is 2. The van der Waals surface area contributed by atoms with E-state index in [4.69, 9.17) is 10.5 Å². The number of nitrogen functional groups attached to an aromatic ring is 1. The predicted octanol–water partition coefficient (Wildman–Crippen LogP) is 3.64. The van der Waals surface area contributed by atoms with Crippen molar-refractivity contribution in [2.45, 2.75) is 10.6 Å². The molecule has 6 nitrogen and oxygen atoms in total. The maximum absolute atomic E-state index is 12.9. The average molecular weight is 357 g/mol. The van der Waals surface area contributed by atoms with Crippen molar-refractivity contribution in [1.82, 2.24) is 15.0 Å². The van der Waals surface area contributed by atoms with Gasteiger partial charge in [-0.25, -0.2) is 4.39 Å². The summed E-state index contributed by atoms with van der Waals surface area (Å²) in [6.45, 7) is 0. The van der Waals surface area contributed by atoms with E-state index in [1.54, 1.807) is 19.2 Å². The maximum Gasteiger partial charge on any atom is 0.232 e. The zero-order valence-corrected chi connectivity index (χ0v) is 14.3. The first-order valence-corrected chi connectivity index (χ1v) is 8.41. The summed E-state index contributed by atoms with van der Waals surface area (Å²) in [7, 11) is 1.59. The molecule has 0 aliphatic rings. The van der Waals surface area contributed by atoms with E-state index in [1.807, 2.05) is 24.3 Å². The third-order valence-corrected chi connectivity index (χ3v) is 4.24. The van der Waals surface area contributed by atoms with Gasteiger partial charge >= 0.3 is 0 Å². The molecule has 0 spiro atoms. The van der Waals surface area contributed by atoms with Crippen LogP contribution in [-0.4, -0.2) is 22.1 Å². The first-order valence-electron chi connectivity index (χ1n) is 7.43. The summed E-state index contributed by atoms with van der Waals surface area (Å²) in [6.07, 6.45) is 0. The number of ether oxygens (including phenoxy) is 1. The van der Waals surface area contributed by atoms with Gasteiger partial charge in [0.1, 0.15) is 17.4 Å². The topological polar surface area (TPSA) is 86.0 Å². The number of nitrogens with one attached hydrogen (secondary N) is 1. The summed E-state index contributed by atoms with van der Waals surface area (Å²) in [5.41, 5.74) is 6.51. The van der Waals surface area contributed by atoms with Crippen LogP contribution < -0.4 is 15.8 Å². The highest BCUT2D eigenvalue weighted by Gasteiger charge is 2.08. The van der Waals surface area contributed by atoms with Crippen molar-refractivity contribution < 1.29 is 9.13 Å². The smallest absolute Gasteiger partial charge is 0.232 e. The van der Waals surface area contributed by atoms with Crippen molar-refractivity contribution in [2.24, 2.45) is 0 Å². The molecule has 0 aliphatic heterocycles. The second-order valence-corrected chi connectivity index (χ2v) is 6.05. The van der Waals surface area contributed by atoms with Crippen LogP contribution in [0.2, 0.25) is 0 Å². The number of benzene rings is 2. The van der Waals surface area contributed by atoms with E-state index in [2.05, 4.69) is 20.3 Å². The Morgan fingerprint density at radius 3 is 2.60 bits per heavy atom. The highest BCUT2D eigenvalue weighted by molar-refractivity contribution is 7.98. The number of thioether (sulfide) groups is 1. The van der Waals surface area contributed by atoms with E-state index in [-0.39, 0.29) is 11.8 Å². The Kier molecular flexibility index (Phi) is 5.30. The normalized spacial score (nSPS) is 10.5. The second-order valence-electron chi connectivity index (χ2n) is 5.00. The van der Waals surface area contributed by atoms with Gasteiger partial charge in [-0.3, -0.25) is 0 Å². The van der Waals surface area contributed by atoms with Gasteiger partial charge in [0.2, 0.25) is 11.9 Å². The standard InChI is InChI=1S/C17H16FN5OS/c1-24-14-5-3-2-4-13(14)20-17-22-15(21-16(19)23-17)10-25-12-8-6-11(18)7-9-12/h2-9H,10H2,1H3,(H3,19,20,21,22,23). The molecule has 1 heterocycles. The van der Waals surface area contributed by atoms with Crippen molar-refractivity contribution in [1.29, 1.82) is 0 Å². The van der Waals surface area contributed by atoms with Crippen molar-refractivity contribution >= 4 is 29.3 Å². The summed E-state index contributed by atoms with van der Waals surface area (Å²) in [5.74, 6) is 1.88. The van der Waals surface area contributed by atoms with Crippen molar-refractivity contribution in [3.8, 4) is 5.75 Å². The van der Waals surface area contributed by atoms with Gasteiger partial charge < -0.3 is 15.8 Å². The predicted molar refractivity (Wildman–Crippen MR) is 96.5 cm³/mol. The average Bonchev–Trinajstić information content (AvgIpc) is 2.61. The van der Waals surface area contributed by atoms with Crippen LogP contribution in [0.25, 0.3) is 0 Å². The SMILES string of the molecule is COc1ccccc1Nc1nc(N)nc(CSc2ccc(F)cc2)n1. The number of hydrogen-bond acceptors (Lipinski definition) is 7.